The van der Waals surface area contributed by atoms with E-state index in [-0.39, 0.29) is 34.6 Å². The summed E-state index contributed by atoms with van der Waals surface area (Å²) in [5, 5.41) is 11.5. The lowest BCUT2D eigenvalue weighted by atomic mass is 9.82. The Morgan fingerprint density at radius 3 is 2.38 bits per heavy atom. The van der Waals surface area contributed by atoms with Gasteiger partial charge in [0.15, 0.2) is 0 Å². The van der Waals surface area contributed by atoms with Gasteiger partial charge in [-0.3, -0.25) is 14.9 Å². The maximum absolute atomic E-state index is 13.9. The second-order valence-electron chi connectivity index (χ2n) is 9.93. The molecule has 0 radical (unpaired) electrons. The van der Waals surface area contributed by atoms with Gasteiger partial charge in [0.05, 0.1) is 23.5 Å². The fourth-order valence-corrected chi connectivity index (χ4v) is 5.76. The average molecular weight is 508 g/mol. The van der Waals surface area contributed by atoms with E-state index in [0.717, 1.165) is 30.0 Å². The summed E-state index contributed by atoms with van der Waals surface area (Å²) in [6.45, 7) is 8.15. The minimum atomic E-state index is -0.382. The summed E-state index contributed by atoms with van der Waals surface area (Å²) in [6.07, 6.45) is 0.109. The van der Waals surface area contributed by atoms with Gasteiger partial charge in [-0.1, -0.05) is 17.7 Å². The Bertz CT molecular complexity index is 1180. The van der Waals surface area contributed by atoms with E-state index >= 15 is 0 Å². The summed E-state index contributed by atoms with van der Waals surface area (Å²) in [5.74, 6) is -0.293. The number of nitro groups is 1. The number of anilines is 2. The van der Waals surface area contributed by atoms with Crippen LogP contribution in [0.1, 0.15) is 18.1 Å². The number of ether oxygens (including phenoxy) is 1. The highest BCUT2D eigenvalue weighted by atomic mass is 16.6. The number of nitrogens with zero attached hydrogens (tertiary/aromatic N) is 5. The molecule has 37 heavy (non-hydrogen) atoms. The molecule has 0 aromatic heterocycles. The second-order valence-corrected chi connectivity index (χ2v) is 9.93. The summed E-state index contributed by atoms with van der Waals surface area (Å²) in [7, 11) is 0. The van der Waals surface area contributed by atoms with Gasteiger partial charge >= 0.3 is 6.09 Å². The van der Waals surface area contributed by atoms with Gasteiger partial charge in [0.2, 0.25) is 5.91 Å². The number of rotatable bonds is 4. The third-order valence-electron chi connectivity index (χ3n) is 7.74. The van der Waals surface area contributed by atoms with E-state index in [0.29, 0.717) is 45.8 Å². The molecule has 2 saturated heterocycles. The molecule has 10 heteroatoms. The van der Waals surface area contributed by atoms with Crippen LogP contribution in [-0.4, -0.2) is 85.2 Å². The zero-order valence-corrected chi connectivity index (χ0v) is 21.3. The quantitative estimate of drug-likeness (QED) is 0.463. The first-order chi connectivity index (χ1) is 17.9. The van der Waals surface area contributed by atoms with E-state index in [1.165, 1.54) is 5.56 Å². The normalized spacial score (nSPS) is 21.2. The number of fused-ring (bicyclic) bond motifs is 3. The molecule has 2 amide bonds. The van der Waals surface area contributed by atoms with Crippen LogP contribution in [0.5, 0.6) is 0 Å². The number of amides is 2. The fourth-order valence-electron chi connectivity index (χ4n) is 5.76. The molecule has 10 nitrogen and oxygen atoms in total. The molecule has 0 saturated carbocycles. The maximum atomic E-state index is 13.9. The molecule has 2 aromatic rings. The van der Waals surface area contributed by atoms with Gasteiger partial charge in [-0.15, -0.1) is 0 Å². The molecule has 2 unspecified atom stereocenters. The first kappa shape index (κ1) is 24.9. The Morgan fingerprint density at radius 1 is 1.00 bits per heavy atom. The first-order valence-electron chi connectivity index (χ1n) is 12.9. The van der Waals surface area contributed by atoms with Gasteiger partial charge in [-0.05, 0) is 44.0 Å². The SMILES string of the molecule is CCOC(=O)N1CCN(C(=O)C2Cc3cc([N+](=O)[O-])ccc3N3CCN(c4ccc(C)cc4)CC23)CC1. The molecule has 0 spiro atoms. The summed E-state index contributed by atoms with van der Waals surface area (Å²) >= 11 is 0. The molecule has 2 fully saturated rings. The van der Waals surface area contributed by atoms with Crippen LogP contribution in [0.2, 0.25) is 0 Å². The van der Waals surface area contributed by atoms with E-state index in [4.69, 9.17) is 4.74 Å². The number of hydrogen-bond donors (Lipinski definition) is 0. The molecule has 3 heterocycles. The van der Waals surface area contributed by atoms with Gasteiger partial charge < -0.3 is 24.3 Å². The van der Waals surface area contributed by atoms with E-state index in [1.807, 2.05) is 11.0 Å². The molecular weight excluding hydrogens is 474 g/mol. The smallest absolute Gasteiger partial charge is 0.409 e. The van der Waals surface area contributed by atoms with Crippen molar-refractivity contribution in [1.29, 1.82) is 0 Å². The molecule has 3 aliphatic rings. The number of aryl methyl sites for hydroxylation is 1. The zero-order valence-electron chi connectivity index (χ0n) is 21.3. The lowest BCUT2D eigenvalue weighted by Gasteiger charge is -2.50. The molecule has 2 atom stereocenters. The highest BCUT2D eigenvalue weighted by Gasteiger charge is 2.44. The van der Waals surface area contributed by atoms with Crippen molar-refractivity contribution in [3.8, 4) is 0 Å². The Morgan fingerprint density at radius 2 is 1.70 bits per heavy atom. The summed E-state index contributed by atoms with van der Waals surface area (Å²) in [4.78, 5) is 45.2. The minimum absolute atomic E-state index is 0.0430. The van der Waals surface area contributed by atoms with Crippen molar-refractivity contribution in [2.24, 2.45) is 5.92 Å². The molecule has 3 aliphatic heterocycles. The van der Waals surface area contributed by atoms with Crippen molar-refractivity contribution in [1.82, 2.24) is 9.80 Å². The van der Waals surface area contributed by atoms with Crippen LogP contribution in [-0.2, 0) is 16.0 Å². The third kappa shape index (κ3) is 4.92. The number of carbonyl (C=O) groups excluding carboxylic acids is 2. The summed E-state index contributed by atoms with van der Waals surface area (Å²) < 4.78 is 5.11. The number of hydrogen-bond acceptors (Lipinski definition) is 7. The molecule has 0 N–H and O–H groups in total. The van der Waals surface area contributed by atoms with E-state index < -0.39 is 0 Å². The van der Waals surface area contributed by atoms with Crippen molar-refractivity contribution in [3.05, 3.63) is 63.7 Å². The van der Waals surface area contributed by atoms with Gasteiger partial charge in [-0.25, -0.2) is 4.79 Å². The highest BCUT2D eigenvalue weighted by Crippen LogP contribution is 2.39. The molecule has 2 aromatic carbocycles. The van der Waals surface area contributed by atoms with E-state index in [2.05, 4.69) is 41.0 Å². The number of carbonyl (C=O) groups is 2. The van der Waals surface area contributed by atoms with Crippen LogP contribution in [0.4, 0.5) is 21.9 Å². The molecule has 5 rings (SSSR count). The van der Waals surface area contributed by atoms with Crippen LogP contribution in [0.15, 0.2) is 42.5 Å². The lowest BCUT2D eigenvalue weighted by Crippen LogP contribution is -2.62. The van der Waals surface area contributed by atoms with Gasteiger partial charge in [-0.2, -0.15) is 0 Å². The van der Waals surface area contributed by atoms with Gasteiger partial charge in [0, 0.05) is 69.3 Å². The third-order valence-corrected chi connectivity index (χ3v) is 7.74. The van der Waals surface area contributed by atoms with Crippen LogP contribution in [0.25, 0.3) is 0 Å². The number of benzene rings is 2. The van der Waals surface area contributed by atoms with Crippen molar-refractivity contribution in [2.45, 2.75) is 26.3 Å². The Hall–Kier alpha value is -3.82. The molecule has 196 valence electrons. The number of piperazine rings is 2. The standard InChI is InChI=1S/C27H33N5O5/c1-3-37-27(34)29-12-10-28(11-13-29)26(33)23-17-20-16-22(32(35)36)8-9-24(20)31-15-14-30(18-25(23)31)21-6-4-19(2)5-7-21/h4-9,16,23,25H,3,10-15,17-18H2,1-2H3. The predicted octanol–water partition coefficient (Wildman–Crippen LogP) is 3.07. The van der Waals surface area contributed by atoms with Crippen molar-refractivity contribution < 1.29 is 19.2 Å². The highest BCUT2D eigenvalue weighted by molar-refractivity contribution is 5.83. The number of non-ortho nitro benzene ring substituents is 1. The Kier molecular flexibility index (Phi) is 6.90. The van der Waals surface area contributed by atoms with Crippen molar-refractivity contribution >= 4 is 29.1 Å². The number of nitro benzene ring substituents is 1. The second kappa shape index (κ2) is 10.3. The first-order valence-corrected chi connectivity index (χ1v) is 12.9. The molecular formula is C27H33N5O5. The minimum Gasteiger partial charge on any atom is -0.450 e. The maximum Gasteiger partial charge on any atom is 0.409 e. The van der Waals surface area contributed by atoms with E-state index in [1.54, 1.807) is 24.0 Å². The van der Waals surface area contributed by atoms with Gasteiger partial charge in [0.1, 0.15) is 0 Å². The lowest BCUT2D eigenvalue weighted by molar-refractivity contribution is -0.384. The van der Waals surface area contributed by atoms with Crippen molar-refractivity contribution in [3.63, 3.8) is 0 Å². The van der Waals surface area contributed by atoms with Crippen molar-refractivity contribution in [2.75, 3.05) is 62.2 Å². The average Bonchev–Trinajstić information content (AvgIpc) is 2.92. The Labute approximate surface area is 216 Å². The van der Waals surface area contributed by atoms with Crippen LogP contribution in [0, 0.1) is 23.0 Å². The van der Waals surface area contributed by atoms with Crippen LogP contribution >= 0.6 is 0 Å². The topological polar surface area (TPSA) is 99.5 Å². The fraction of sp³-hybridized carbons (Fsp3) is 0.481. The summed E-state index contributed by atoms with van der Waals surface area (Å²) in [5.41, 5.74) is 4.21. The summed E-state index contributed by atoms with van der Waals surface area (Å²) in [6, 6.07) is 13.4. The monoisotopic (exact) mass is 507 g/mol. The molecule has 0 bridgehead atoms. The van der Waals surface area contributed by atoms with Crippen LogP contribution in [0.3, 0.4) is 0 Å². The van der Waals surface area contributed by atoms with Gasteiger partial charge in [0.25, 0.3) is 5.69 Å². The molecule has 0 aliphatic carbocycles. The predicted molar refractivity (Wildman–Crippen MR) is 140 cm³/mol. The zero-order chi connectivity index (χ0) is 26.1. The van der Waals surface area contributed by atoms with Crippen LogP contribution < -0.4 is 9.80 Å². The van der Waals surface area contributed by atoms with E-state index in [9.17, 15) is 19.7 Å². The Balaban J connectivity index is 1.40. The largest absolute Gasteiger partial charge is 0.450 e.